The van der Waals surface area contributed by atoms with Gasteiger partial charge in [0.15, 0.2) is 0 Å². The molecule has 0 saturated heterocycles. The van der Waals surface area contributed by atoms with Gasteiger partial charge in [0.2, 0.25) is 0 Å². The average Bonchev–Trinajstić information content (AvgIpc) is 2.58. The first-order valence-corrected chi connectivity index (χ1v) is 6.28. The normalized spacial score (nSPS) is 12.4. The van der Waals surface area contributed by atoms with Gasteiger partial charge >= 0.3 is 6.03 Å². The maximum absolute atomic E-state index is 10.4. The van der Waals surface area contributed by atoms with E-state index in [4.69, 9.17) is 5.73 Å². The summed E-state index contributed by atoms with van der Waals surface area (Å²) in [5.41, 5.74) is 4.94. The van der Waals surface area contributed by atoms with E-state index in [1.54, 1.807) is 11.3 Å². The van der Waals surface area contributed by atoms with Crippen LogP contribution in [0.4, 0.5) is 4.79 Å². The maximum Gasteiger partial charge on any atom is 0.312 e. The van der Waals surface area contributed by atoms with Crippen molar-refractivity contribution in [1.29, 1.82) is 0 Å². The van der Waals surface area contributed by atoms with E-state index < -0.39 is 6.03 Å². The number of carbonyl (C=O) groups excluding carboxylic acids is 1. The highest BCUT2D eigenvalue weighted by atomic mass is 79.9. The lowest BCUT2D eigenvalue weighted by molar-refractivity contribution is 0.249. The summed E-state index contributed by atoms with van der Waals surface area (Å²) in [6, 6.07) is 1.82. The van der Waals surface area contributed by atoms with Crippen LogP contribution < -0.4 is 16.4 Å². The van der Waals surface area contributed by atoms with E-state index in [-0.39, 0.29) is 6.04 Å². The highest BCUT2D eigenvalue weighted by molar-refractivity contribution is 9.10. The lowest BCUT2D eigenvalue weighted by Gasteiger charge is -2.12. The van der Waals surface area contributed by atoms with Crippen molar-refractivity contribution in [2.75, 3.05) is 13.1 Å². The Morgan fingerprint density at radius 3 is 2.93 bits per heavy atom. The predicted molar refractivity (Wildman–Crippen MR) is 66.0 cm³/mol. The molecule has 0 saturated carbocycles. The van der Waals surface area contributed by atoms with Crippen LogP contribution in [0.3, 0.4) is 0 Å². The van der Waals surface area contributed by atoms with Gasteiger partial charge in [-0.25, -0.2) is 4.79 Å². The predicted octanol–water partition coefficient (Wildman–Crippen LogP) is 1.83. The van der Waals surface area contributed by atoms with Crippen LogP contribution in [0.5, 0.6) is 0 Å². The smallest absolute Gasteiger partial charge is 0.312 e. The number of nitrogens with two attached hydrogens (primary N) is 1. The van der Waals surface area contributed by atoms with Gasteiger partial charge in [0, 0.05) is 28.5 Å². The van der Waals surface area contributed by atoms with Gasteiger partial charge in [-0.3, -0.25) is 0 Å². The van der Waals surface area contributed by atoms with Crippen LogP contribution in [0.15, 0.2) is 15.9 Å². The van der Waals surface area contributed by atoms with E-state index in [9.17, 15) is 4.79 Å². The number of hydrogen-bond acceptors (Lipinski definition) is 3. The Balaban J connectivity index is 2.28. The number of halogens is 1. The number of thiophene rings is 1. The third-order valence-corrected chi connectivity index (χ3v) is 3.97. The Morgan fingerprint density at radius 2 is 2.40 bits per heavy atom. The number of nitrogens with one attached hydrogen (secondary N) is 2. The second kappa shape index (κ2) is 6.09. The standard InChI is InChI=1S/C9H14BrN3OS/c1-6(8-7(10)2-5-15-8)12-3-4-13-9(11)14/h2,5-6,12H,3-4H2,1H3,(H3,11,13,14). The summed E-state index contributed by atoms with van der Waals surface area (Å²) >= 11 is 5.18. The summed E-state index contributed by atoms with van der Waals surface area (Å²) < 4.78 is 1.12. The van der Waals surface area contributed by atoms with E-state index >= 15 is 0 Å². The minimum Gasteiger partial charge on any atom is -0.352 e. The number of carbonyl (C=O) groups is 1. The van der Waals surface area contributed by atoms with Gasteiger partial charge in [-0.1, -0.05) is 0 Å². The van der Waals surface area contributed by atoms with Gasteiger partial charge in [-0.2, -0.15) is 0 Å². The summed E-state index contributed by atoms with van der Waals surface area (Å²) in [4.78, 5) is 11.7. The van der Waals surface area contributed by atoms with Gasteiger partial charge in [0.05, 0.1) is 0 Å². The summed E-state index contributed by atoms with van der Waals surface area (Å²) in [5, 5.41) is 7.86. The molecule has 0 aliphatic rings. The Bertz CT molecular complexity index is 329. The molecule has 6 heteroatoms. The Hall–Kier alpha value is -0.590. The number of hydrogen-bond donors (Lipinski definition) is 3. The minimum atomic E-state index is -0.484. The Morgan fingerprint density at radius 1 is 1.67 bits per heavy atom. The van der Waals surface area contributed by atoms with Crippen LogP contribution in [0.1, 0.15) is 17.8 Å². The first-order valence-electron chi connectivity index (χ1n) is 4.61. The van der Waals surface area contributed by atoms with Crippen molar-refractivity contribution in [3.63, 3.8) is 0 Å². The van der Waals surface area contributed by atoms with Gasteiger partial charge in [0.1, 0.15) is 0 Å². The minimum absolute atomic E-state index is 0.272. The topological polar surface area (TPSA) is 67.2 Å². The molecule has 0 spiro atoms. The molecule has 1 atom stereocenters. The molecule has 0 aliphatic heterocycles. The van der Waals surface area contributed by atoms with Crippen molar-refractivity contribution in [3.05, 3.63) is 20.8 Å². The molecule has 4 N–H and O–H groups in total. The Labute approximate surface area is 101 Å². The van der Waals surface area contributed by atoms with Crippen molar-refractivity contribution < 1.29 is 4.79 Å². The fraction of sp³-hybridized carbons (Fsp3) is 0.444. The zero-order valence-electron chi connectivity index (χ0n) is 8.42. The number of urea groups is 1. The molecule has 1 rings (SSSR count). The molecular formula is C9H14BrN3OS. The first kappa shape index (κ1) is 12.5. The van der Waals surface area contributed by atoms with Crippen molar-refractivity contribution in [2.24, 2.45) is 5.73 Å². The quantitative estimate of drug-likeness (QED) is 0.725. The van der Waals surface area contributed by atoms with Crippen LogP contribution in [-0.2, 0) is 0 Å². The Kier molecular flexibility index (Phi) is 5.07. The van der Waals surface area contributed by atoms with Crippen molar-refractivity contribution >= 4 is 33.3 Å². The summed E-state index contributed by atoms with van der Waals surface area (Å²) in [6.45, 7) is 3.33. The van der Waals surface area contributed by atoms with E-state index in [1.165, 1.54) is 4.88 Å². The average molecular weight is 292 g/mol. The highest BCUT2D eigenvalue weighted by Crippen LogP contribution is 2.28. The number of primary amides is 1. The van der Waals surface area contributed by atoms with Crippen LogP contribution in [0.25, 0.3) is 0 Å². The van der Waals surface area contributed by atoms with E-state index in [2.05, 4.69) is 33.5 Å². The lowest BCUT2D eigenvalue weighted by atomic mass is 10.3. The molecule has 0 aromatic carbocycles. The molecule has 0 bridgehead atoms. The zero-order valence-corrected chi connectivity index (χ0v) is 10.8. The molecule has 4 nitrogen and oxygen atoms in total. The molecule has 1 aromatic heterocycles. The molecule has 15 heavy (non-hydrogen) atoms. The molecule has 84 valence electrons. The van der Waals surface area contributed by atoms with Gasteiger partial charge in [0.25, 0.3) is 0 Å². The lowest BCUT2D eigenvalue weighted by Crippen LogP contribution is -2.35. The molecule has 1 unspecified atom stereocenters. The van der Waals surface area contributed by atoms with Gasteiger partial charge < -0.3 is 16.4 Å². The fourth-order valence-electron chi connectivity index (χ4n) is 1.18. The molecule has 0 aliphatic carbocycles. The van der Waals surface area contributed by atoms with Gasteiger partial charge in [-0.05, 0) is 34.3 Å². The molecule has 2 amide bonds. The molecule has 1 heterocycles. The summed E-state index contributed by atoms with van der Waals surface area (Å²) in [7, 11) is 0. The summed E-state index contributed by atoms with van der Waals surface area (Å²) in [5.74, 6) is 0. The maximum atomic E-state index is 10.4. The third kappa shape index (κ3) is 4.19. The SMILES string of the molecule is CC(NCCNC(N)=O)c1sccc1Br. The van der Waals surface area contributed by atoms with Crippen molar-refractivity contribution in [1.82, 2.24) is 10.6 Å². The van der Waals surface area contributed by atoms with E-state index in [1.807, 2.05) is 11.4 Å². The highest BCUT2D eigenvalue weighted by Gasteiger charge is 2.09. The van der Waals surface area contributed by atoms with E-state index in [0.717, 1.165) is 4.47 Å². The zero-order chi connectivity index (χ0) is 11.3. The van der Waals surface area contributed by atoms with E-state index in [0.29, 0.717) is 13.1 Å². The molecular weight excluding hydrogens is 278 g/mol. The van der Waals surface area contributed by atoms with Crippen molar-refractivity contribution in [2.45, 2.75) is 13.0 Å². The van der Waals surface area contributed by atoms with Crippen LogP contribution >= 0.6 is 27.3 Å². The molecule has 0 fully saturated rings. The largest absolute Gasteiger partial charge is 0.352 e. The van der Waals surface area contributed by atoms with Crippen molar-refractivity contribution in [3.8, 4) is 0 Å². The monoisotopic (exact) mass is 291 g/mol. The van der Waals surface area contributed by atoms with Gasteiger partial charge in [-0.15, -0.1) is 11.3 Å². The summed E-state index contributed by atoms with van der Waals surface area (Å²) in [6.07, 6.45) is 0. The van der Waals surface area contributed by atoms with Crippen LogP contribution in [0, 0.1) is 0 Å². The second-order valence-electron chi connectivity index (χ2n) is 3.10. The fourth-order valence-corrected chi connectivity index (χ4v) is 2.93. The number of amides is 2. The van der Waals surface area contributed by atoms with Crippen LogP contribution in [0.2, 0.25) is 0 Å². The first-order chi connectivity index (χ1) is 7.11. The third-order valence-electron chi connectivity index (χ3n) is 1.91. The number of rotatable bonds is 5. The second-order valence-corrected chi connectivity index (χ2v) is 4.90. The van der Waals surface area contributed by atoms with Crippen LogP contribution in [-0.4, -0.2) is 19.1 Å². The molecule has 1 aromatic rings. The molecule has 0 radical (unpaired) electrons.